The van der Waals surface area contributed by atoms with Crippen molar-refractivity contribution in [3.05, 3.63) is 0 Å². The summed E-state index contributed by atoms with van der Waals surface area (Å²) >= 11 is 0. The van der Waals surface area contributed by atoms with Crippen LogP contribution in [0.4, 0.5) is 0 Å². The van der Waals surface area contributed by atoms with Gasteiger partial charge in [0, 0.05) is 18.0 Å². The van der Waals surface area contributed by atoms with E-state index < -0.39 is 0 Å². The van der Waals surface area contributed by atoms with Gasteiger partial charge in [-0.3, -0.25) is 0 Å². The van der Waals surface area contributed by atoms with E-state index in [1.54, 1.807) is 0 Å². The molecule has 1 N–H and O–H groups in total. The van der Waals surface area contributed by atoms with E-state index in [2.05, 4.69) is 11.4 Å². The number of piperidine rings is 1. The highest BCUT2D eigenvalue weighted by Gasteiger charge is 2.31. The van der Waals surface area contributed by atoms with E-state index in [9.17, 15) is 0 Å². The Bertz CT molecular complexity index is 175. The van der Waals surface area contributed by atoms with E-state index in [1.807, 2.05) is 0 Å². The number of fused-ring (bicyclic) bond motifs is 2. The second kappa shape index (κ2) is 2.80. The average molecular weight is 152 g/mol. The summed E-state index contributed by atoms with van der Waals surface area (Å²) in [5.41, 5.74) is 0. The SMILES string of the molecule is N#C[C@@H]1C[C@H]2COC[C@@H](C1)N2. The number of morpholine rings is 1. The number of nitriles is 1. The summed E-state index contributed by atoms with van der Waals surface area (Å²) in [6, 6.07) is 3.21. The van der Waals surface area contributed by atoms with Crippen LogP contribution >= 0.6 is 0 Å². The zero-order valence-electron chi connectivity index (χ0n) is 6.42. The molecule has 3 nitrogen and oxygen atoms in total. The molecular formula is C8H12N2O. The molecule has 0 spiro atoms. The molecule has 11 heavy (non-hydrogen) atoms. The zero-order valence-corrected chi connectivity index (χ0v) is 6.42. The summed E-state index contributed by atoms with van der Waals surface area (Å²) in [5, 5.41) is 12.2. The van der Waals surface area contributed by atoms with Gasteiger partial charge in [0.1, 0.15) is 0 Å². The summed E-state index contributed by atoms with van der Waals surface area (Å²) in [5.74, 6) is 0.259. The van der Waals surface area contributed by atoms with Gasteiger partial charge in [-0.05, 0) is 12.8 Å². The Kier molecular flexibility index (Phi) is 1.80. The molecule has 2 rings (SSSR count). The van der Waals surface area contributed by atoms with Crippen molar-refractivity contribution in [1.82, 2.24) is 5.32 Å². The minimum absolute atomic E-state index is 0.259. The molecule has 0 aliphatic carbocycles. The Morgan fingerprint density at radius 2 is 1.91 bits per heavy atom. The number of hydrogen-bond donors (Lipinski definition) is 1. The Labute approximate surface area is 66.3 Å². The van der Waals surface area contributed by atoms with Crippen LogP contribution in [0.3, 0.4) is 0 Å². The minimum atomic E-state index is 0.259. The van der Waals surface area contributed by atoms with E-state index in [4.69, 9.17) is 10.00 Å². The van der Waals surface area contributed by atoms with Crippen LogP contribution in [0.15, 0.2) is 0 Å². The Morgan fingerprint density at radius 1 is 1.27 bits per heavy atom. The van der Waals surface area contributed by atoms with Crippen molar-refractivity contribution in [2.24, 2.45) is 5.92 Å². The van der Waals surface area contributed by atoms with Gasteiger partial charge < -0.3 is 10.1 Å². The van der Waals surface area contributed by atoms with E-state index in [0.29, 0.717) is 12.1 Å². The average Bonchev–Trinajstić information content (AvgIpc) is 2.03. The summed E-state index contributed by atoms with van der Waals surface area (Å²) < 4.78 is 5.36. The smallest absolute Gasteiger partial charge is 0.0657 e. The maximum absolute atomic E-state index is 8.73. The van der Waals surface area contributed by atoms with Crippen LogP contribution in [0.5, 0.6) is 0 Å². The summed E-state index contributed by atoms with van der Waals surface area (Å²) in [4.78, 5) is 0. The third kappa shape index (κ3) is 1.37. The summed E-state index contributed by atoms with van der Waals surface area (Å²) in [6.07, 6.45) is 1.93. The van der Waals surface area contributed by atoms with Gasteiger partial charge in [0.15, 0.2) is 0 Å². The van der Waals surface area contributed by atoms with Gasteiger partial charge in [0.25, 0.3) is 0 Å². The van der Waals surface area contributed by atoms with Crippen molar-refractivity contribution in [3.8, 4) is 6.07 Å². The Balaban J connectivity index is 2.01. The predicted molar refractivity (Wildman–Crippen MR) is 39.9 cm³/mol. The normalized spacial score (nSPS) is 43.0. The maximum Gasteiger partial charge on any atom is 0.0657 e. The van der Waals surface area contributed by atoms with Crippen LogP contribution in [-0.2, 0) is 4.74 Å². The first-order valence-electron chi connectivity index (χ1n) is 4.12. The molecule has 2 aliphatic rings. The van der Waals surface area contributed by atoms with Gasteiger partial charge in [-0.25, -0.2) is 0 Å². The summed E-state index contributed by atoms with van der Waals surface area (Å²) in [6.45, 7) is 1.57. The molecule has 0 aromatic carbocycles. The van der Waals surface area contributed by atoms with Crippen LogP contribution in [0, 0.1) is 17.2 Å². The van der Waals surface area contributed by atoms with Crippen molar-refractivity contribution in [1.29, 1.82) is 5.26 Å². The highest BCUT2D eigenvalue weighted by atomic mass is 16.5. The van der Waals surface area contributed by atoms with Crippen LogP contribution < -0.4 is 5.32 Å². The van der Waals surface area contributed by atoms with Crippen LogP contribution in [-0.4, -0.2) is 25.3 Å². The number of nitrogens with zero attached hydrogens (tertiary/aromatic N) is 1. The minimum Gasteiger partial charge on any atom is -0.378 e. The molecular weight excluding hydrogens is 140 g/mol. The third-order valence-electron chi connectivity index (χ3n) is 2.43. The third-order valence-corrected chi connectivity index (χ3v) is 2.43. The van der Waals surface area contributed by atoms with Crippen LogP contribution in [0.25, 0.3) is 0 Å². The molecule has 2 bridgehead atoms. The van der Waals surface area contributed by atoms with Crippen molar-refractivity contribution in [3.63, 3.8) is 0 Å². The molecule has 3 heteroatoms. The lowest BCUT2D eigenvalue weighted by atomic mass is 9.88. The van der Waals surface area contributed by atoms with Gasteiger partial charge in [-0.15, -0.1) is 0 Å². The van der Waals surface area contributed by atoms with E-state index in [1.165, 1.54) is 0 Å². The zero-order chi connectivity index (χ0) is 7.68. The molecule has 2 heterocycles. The lowest BCUT2D eigenvalue weighted by Crippen LogP contribution is -2.53. The van der Waals surface area contributed by atoms with E-state index in [-0.39, 0.29) is 5.92 Å². The van der Waals surface area contributed by atoms with Crippen LogP contribution in [0.2, 0.25) is 0 Å². The first-order valence-corrected chi connectivity index (χ1v) is 4.12. The van der Waals surface area contributed by atoms with E-state index in [0.717, 1.165) is 26.1 Å². The summed E-state index contributed by atoms with van der Waals surface area (Å²) in [7, 11) is 0. The Hall–Kier alpha value is -0.590. The quantitative estimate of drug-likeness (QED) is 0.542. The highest BCUT2D eigenvalue weighted by molar-refractivity contribution is 4.96. The van der Waals surface area contributed by atoms with Crippen molar-refractivity contribution in [2.75, 3.05) is 13.2 Å². The predicted octanol–water partition coefficient (Wildman–Crippen LogP) is 0.277. The van der Waals surface area contributed by atoms with Gasteiger partial charge >= 0.3 is 0 Å². The van der Waals surface area contributed by atoms with E-state index >= 15 is 0 Å². The molecule has 0 saturated carbocycles. The van der Waals surface area contributed by atoms with Crippen molar-refractivity contribution < 1.29 is 4.74 Å². The van der Waals surface area contributed by atoms with Gasteiger partial charge in [0.05, 0.1) is 19.3 Å². The second-order valence-corrected chi connectivity index (χ2v) is 3.40. The first-order chi connectivity index (χ1) is 5.38. The molecule has 0 unspecified atom stereocenters. The molecule has 0 aromatic rings. The molecule has 2 saturated heterocycles. The molecule has 3 atom stereocenters. The molecule has 2 fully saturated rings. The largest absolute Gasteiger partial charge is 0.378 e. The number of hydrogen-bond acceptors (Lipinski definition) is 3. The van der Waals surface area contributed by atoms with Crippen LogP contribution in [0.1, 0.15) is 12.8 Å². The number of rotatable bonds is 0. The monoisotopic (exact) mass is 152 g/mol. The lowest BCUT2D eigenvalue weighted by Gasteiger charge is -2.37. The standard InChI is InChI=1S/C8H12N2O/c9-3-6-1-7-4-11-5-8(2-6)10-7/h6-8,10H,1-2,4-5H2/t6-,7+,8-. The van der Waals surface area contributed by atoms with Gasteiger partial charge in [-0.1, -0.05) is 0 Å². The van der Waals surface area contributed by atoms with Gasteiger partial charge in [0.2, 0.25) is 0 Å². The Morgan fingerprint density at radius 3 is 2.45 bits per heavy atom. The number of nitrogens with one attached hydrogen (secondary N) is 1. The van der Waals surface area contributed by atoms with Gasteiger partial charge in [-0.2, -0.15) is 5.26 Å². The van der Waals surface area contributed by atoms with Crippen molar-refractivity contribution in [2.45, 2.75) is 24.9 Å². The number of ether oxygens (including phenoxy) is 1. The second-order valence-electron chi connectivity index (χ2n) is 3.40. The molecule has 0 radical (unpaired) electrons. The molecule has 2 aliphatic heterocycles. The first kappa shape index (κ1) is 7.08. The van der Waals surface area contributed by atoms with Crippen molar-refractivity contribution >= 4 is 0 Å². The topological polar surface area (TPSA) is 45.0 Å². The highest BCUT2D eigenvalue weighted by Crippen LogP contribution is 2.22. The fourth-order valence-corrected chi connectivity index (χ4v) is 1.94. The lowest BCUT2D eigenvalue weighted by molar-refractivity contribution is 0.0152. The fourth-order valence-electron chi connectivity index (χ4n) is 1.94. The molecule has 60 valence electrons. The fraction of sp³-hybridized carbons (Fsp3) is 0.875. The molecule has 0 amide bonds. The molecule has 0 aromatic heterocycles. The maximum atomic E-state index is 8.73.